The van der Waals surface area contributed by atoms with Gasteiger partial charge in [0, 0.05) is 13.3 Å². The molecule has 0 bridgehead atoms. The molecule has 1 atom stereocenters. The van der Waals surface area contributed by atoms with E-state index >= 15 is 0 Å². The number of hydrogen-bond donors (Lipinski definition) is 2. The van der Waals surface area contributed by atoms with Crippen LogP contribution in [0, 0.1) is 13.8 Å². The van der Waals surface area contributed by atoms with Crippen molar-refractivity contribution in [1.82, 2.24) is 14.8 Å². The Bertz CT molecular complexity index is 1250. The van der Waals surface area contributed by atoms with Crippen LogP contribution in [-0.4, -0.2) is 26.4 Å². The molecule has 4 rings (SSSR count). The topological polar surface area (TPSA) is 123 Å². The zero-order chi connectivity index (χ0) is 21.6. The summed E-state index contributed by atoms with van der Waals surface area (Å²) in [6, 6.07) is 12.4. The number of hydrazone groups is 1. The number of carbonyl (C=O) groups is 1. The summed E-state index contributed by atoms with van der Waals surface area (Å²) in [7, 11) is 0. The normalized spacial score (nSPS) is 16.1. The highest BCUT2D eigenvalue weighted by Crippen LogP contribution is 2.30. The van der Waals surface area contributed by atoms with Gasteiger partial charge in [0.05, 0.1) is 16.6 Å². The van der Waals surface area contributed by atoms with Crippen LogP contribution in [0.2, 0.25) is 0 Å². The highest BCUT2D eigenvalue weighted by molar-refractivity contribution is 6.02. The summed E-state index contributed by atoms with van der Waals surface area (Å²) in [5.41, 5.74) is 4.10. The molecule has 30 heavy (non-hydrogen) atoms. The zero-order valence-electron chi connectivity index (χ0n) is 17.0. The third-order valence-corrected chi connectivity index (χ3v) is 5.40. The number of carbonyl (C=O) groups excluding carboxylic acids is 1. The molecule has 4 N–H and O–H groups in total. The zero-order valence-corrected chi connectivity index (χ0v) is 17.0. The highest BCUT2D eigenvalue weighted by atomic mass is 16.2. The van der Waals surface area contributed by atoms with Gasteiger partial charge in [0.25, 0.3) is 11.5 Å². The second-order valence-corrected chi connectivity index (χ2v) is 7.41. The van der Waals surface area contributed by atoms with Gasteiger partial charge in [-0.1, -0.05) is 24.3 Å². The summed E-state index contributed by atoms with van der Waals surface area (Å²) in [5, 5.41) is 6.86. The van der Waals surface area contributed by atoms with Crippen molar-refractivity contribution in [2.75, 3.05) is 5.12 Å². The fourth-order valence-electron chi connectivity index (χ4n) is 3.54. The number of hydrazine groups is 2. The van der Waals surface area contributed by atoms with Gasteiger partial charge in [-0.15, -0.1) is 0 Å². The quantitative estimate of drug-likeness (QED) is 0.386. The van der Waals surface area contributed by atoms with Crippen LogP contribution in [0.4, 0.5) is 0 Å². The molecule has 1 aliphatic heterocycles. The Morgan fingerprint density at radius 1 is 1.17 bits per heavy atom. The van der Waals surface area contributed by atoms with Crippen molar-refractivity contribution >= 4 is 22.5 Å². The van der Waals surface area contributed by atoms with Crippen LogP contribution in [0.25, 0.3) is 10.9 Å². The first kappa shape index (κ1) is 19.7. The number of hydrogen-bond acceptors (Lipinski definition) is 7. The van der Waals surface area contributed by atoms with Crippen LogP contribution in [0.5, 0.6) is 0 Å². The molecule has 9 nitrogen and oxygen atoms in total. The Kier molecular flexibility index (Phi) is 4.84. The summed E-state index contributed by atoms with van der Waals surface area (Å²) in [6.07, 6.45) is 0.412. The predicted molar refractivity (Wildman–Crippen MR) is 115 cm³/mol. The Morgan fingerprint density at radius 3 is 2.60 bits per heavy atom. The molecule has 154 valence electrons. The number of aromatic nitrogens is 2. The van der Waals surface area contributed by atoms with Gasteiger partial charge in [0.1, 0.15) is 6.04 Å². The van der Waals surface area contributed by atoms with Crippen LogP contribution in [0.3, 0.4) is 0 Å². The lowest BCUT2D eigenvalue weighted by Crippen LogP contribution is -2.53. The molecule has 1 aromatic heterocycles. The molecule has 0 aliphatic carbocycles. The SMILES string of the molecule is CC(=O)N(N)n1c(C2CC(c3ccc(C)c(C)c3)=NN2N)nc2ccccc2c1=O. The molecule has 0 spiro atoms. The van der Waals surface area contributed by atoms with E-state index in [2.05, 4.69) is 16.2 Å². The van der Waals surface area contributed by atoms with E-state index < -0.39 is 17.5 Å². The van der Waals surface area contributed by atoms with Crippen molar-refractivity contribution in [3.63, 3.8) is 0 Å². The number of benzene rings is 2. The van der Waals surface area contributed by atoms with E-state index in [0.29, 0.717) is 17.3 Å². The molecule has 2 heterocycles. The minimum Gasteiger partial charge on any atom is -0.272 e. The molecular weight excluding hydrogens is 382 g/mol. The van der Waals surface area contributed by atoms with Crippen molar-refractivity contribution in [2.24, 2.45) is 16.8 Å². The van der Waals surface area contributed by atoms with Crippen LogP contribution in [0.15, 0.2) is 52.4 Å². The first-order valence-electron chi connectivity index (χ1n) is 9.54. The van der Waals surface area contributed by atoms with Crippen LogP contribution in [0.1, 0.15) is 41.9 Å². The van der Waals surface area contributed by atoms with Crippen LogP contribution < -0.4 is 22.4 Å². The summed E-state index contributed by atoms with van der Waals surface area (Å²) in [4.78, 5) is 29.7. The van der Waals surface area contributed by atoms with E-state index in [9.17, 15) is 9.59 Å². The summed E-state index contributed by atoms with van der Waals surface area (Å²) in [5.74, 6) is 11.9. The van der Waals surface area contributed by atoms with Crippen molar-refractivity contribution < 1.29 is 4.79 Å². The van der Waals surface area contributed by atoms with Crippen LogP contribution >= 0.6 is 0 Å². The largest absolute Gasteiger partial charge is 0.281 e. The highest BCUT2D eigenvalue weighted by Gasteiger charge is 2.33. The second-order valence-electron chi connectivity index (χ2n) is 7.41. The van der Waals surface area contributed by atoms with E-state index in [0.717, 1.165) is 26.6 Å². The minimum atomic E-state index is -0.565. The molecule has 3 aromatic rings. The Hall–Kier alpha value is -3.56. The molecule has 1 unspecified atom stereocenters. The van der Waals surface area contributed by atoms with Crippen molar-refractivity contribution in [3.05, 3.63) is 75.3 Å². The van der Waals surface area contributed by atoms with Gasteiger partial charge >= 0.3 is 0 Å². The Morgan fingerprint density at radius 2 is 1.90 bits per heavy atom. The van der Waals surface area contributed by atoms with E-state index in [1.54, 1.807) is 24.3 Å². The van der Waals surface area contributed by atoms with Gasteiger partial charge in [0.15, 0.2) is 5.82 Å². The molecular formula is C21H23N7O2. The van der Waals surface area contributed by atoms with Gasteiger partial charge in [-0.25, -0.2) is 21.8 Å². The summed E-state index contributed by atoms with van der Waals surface area (Å²) in [6.45, 7) is 5.36. The predicted octanol–water partition coefficient (Wildman–Crippen LogP) is 1.40. The van der Waals surface area contributed by atoms with E-state index in [1.165, 1.54) is 17.6 Å². The number of aryl methyl sites for hydroxylation is 2. The molecule has 0 fully saturated rings. The fraction of sp³-hybridized carbons (Fsp3) is 0.238. The Labute approximate surface area is 173 Å². The molecule has 9 heteroatoms. The monoisotopic (exact) mass is 405 g/mol. The van der Waals surface area contributed by atoms with E-state index in [4.69, 9.17) is 11.7 Å². The Balaban J connectivity index is 1.83. The van der Waals surface area contributed by atoms with Gasteiger partial charge in [-0.05, 0) is 48.7 Å². The fourth-order valence-corrected chi connectivity index (χ4v) is 3.54. The maximum Gasteiger partial charge on any atom is 0.281 e. The number of para-hydroxylation sites is 1. The number of rotatable bonds is 3. The summed E-state index contributed by atoms with van der Waals surface area (Å²) >= 11 is 0. The molecule has 2 aromatic carbocycles. The van der Waals surface area contributed by atoms with E-state index in [-0.39, 0.29) is 5.82 Å². The average Bonchev–Trinajstić information content (AvgIpc) is 3.11. The first-order chi connectivity index (χ1) is 14.3. The summed E-state index contributed by atoms with van der Waals surface area (Å²) < 4.78 is 1.08. The maximum absolute atomic E-state index is 13.1. The number of nitrogens with two attached hydrogens (primary N) is 2. The van der Waals surface area contributed by atoms with Crippen molar-refractivity contribution in [2.45, 2.75) is 33.2 Å². The van der Waals surface area contributed by atoms with Crippen molar-refractivity contribution in [1.29, 1.82) is 0 Å². The molecule has 1 amide bonds. The maximum atomic E-state index is 13.1. The van der Waals surface area contributed by atoms with Gasteiger partial charge in [0.2, 0.25) is 0 Å². The van der Waals surface area contributed by atoms with E-state index in [1.807, 2.05) is 26.0 Å². The van der Waals surface area contributed by atoms with Gasteiger partial charge in [-0.3, -0.25) is 9.59 Å². The standard InChI is InChI=1S/C21H23N7O2/c1-12-8-9-15(10-13(12)2)18-11-19(27(22)25-18)20-24-17-7-5-4-6-16(17)21(30)26(20)28(23)14(3)29/h4-10,19H,11,22-23H2,1-3H3. The average molecular weight is 405 g/mol. The molecule has 0 saturated carbocycles. The second kappa shape index (κ2) is 7.36. The molecule has 1 aliphatic rings. The number of fused-ring (bicyclic) bond motifs is 1. The van der Waals surface area contributed by atoms with Crippen molar-refractivity contribution in [3.8, 4) is 0 Å². The first-order valence-corrected chi connectivity index (χ1v) is 9.54. The van der Waals surface area contributed by atoms with Gasteiger partial charge in [-0.2, -0.15) is 14.9 Å². The third kappa shape index (κ3) is 3.23. The third-order valence-electron chi connectivity index (χ3n) is 5.40. The number of amides is 1. The minimum absolute atomic E-state index is 0.251. The lowest BCUT2D eigenvalue weighted by molar-refractivity contribution is -0.118. The smallest absolute Gasteiger partial charge is 0.272 e. The lowest BCUT2D eigenvalue weighted by atomic mass is 9.99. The molecule has 0 radical (unpaired) electrons. The number of nitrogens with zero attached hydrogens (tertiary/aromatic N) is 5. The van der Waals surface area contributed by atoms with Gasteiger partial charge < -0.3 is 0 Å². The molecule has 0 saturated heterocycles. The lowest BCUT2D eigenvalue weighted by Gasteiger charge is -2.25. The van der Waals surface area contributed by atoms with Crippen LogP contribution in [-0.2, 0) is 4.79 Å².